The predicted molar refractivity (Wildman–Crippen MR) is 59.8 cm³/mol. The molecule has 5 nitrogen and oxygen atoms in total. The molecule has 0 saturated carbocycles. The second kappa shape index (κ2) is 5.48. The van der Waals surface area contributed by atoms with Crippen LogP contribution in [0.5, 0.6) is 5.75 Å². The normalized spacial score (nSPS) is 12.2. The van der Waals surface area contributed by atoms with Crippen molar-refractivity contribution in [2.45, 2.75) is 12.5 Å². The van der Waals surface area contributed by atoms with Crippen molar-refractivity contribution in [1.29, 1.82) is 0 Å². The van der Waals surface area contributed by atoms with Gasteiger partial charge in [0.2, 0.25) is 0 Å². The summed E-state index contributed by atoms with van der Waals surface area (Å²) < 4.78 is 4.55. The Labute approximate surface area is 94.0 Å². The Morgan fingerprint density at radius 1 is 1.56 bits per heavy atom. The lowest BCUT2D eigenvalue weighted by atomic mass is 10.0. The van der Waals surface area contributed by atoms with Gasteiger partial charge in [-0.2, -0.15) is 0 Å². The van der Waals surface area contributed by atoms with Gasteiger partial charge < -0.3 is 21.3 Å². The summed E-state index contributed by atoms with van der Waals surface area (Å²) in [6, 6.07) is 4.39. The van der Waals surface area contributed by atoms with Crippen molar-refractivity contribution in [3.8, 4) is 5.75 Å². The number of benzene rings is 1. The third-order valence-corrected chi connectivity index (χ3v) is 2.32. The van der Waals surface area contributed by atoms with Crippen molar-refractivity contribution in [1.82, 2.24) is 0 Å². The number of phenolic OH excluding ortho intramolecular Hbond substituents is 1. The van der Waals surface area contributed by atoms with Crippen LogP contribution in [0.25, 0.3) is 0 Å². The van der Waals surface area contributed by atoms with Crippen LogP contribution < -0.4 is 11.5 Å². The summed E-state index contributed by atoms with van der Waals surface area (Å²) >= 11 is 0. The van der Waals surface area contributed by atoms with E-state index in [-0.39, 0.29) is 24.7 Å². The molecule has 5 N–H and O–H groups in total. The van der Waals surface area contributed by atoms with Crippen molar-refractivity contribution in [2.75, 3.05) is 13.7 Å². The van der Waals surface area contributed by atoms with Gasteiger partial charge in [0.15, 0.2) is 0 Å². The Morgan fingerprint density at radius 3 is 2.81 bits per heavy atom. The predicted octanol–water partition coefficient (Wildman–Crippen LogP) is 0.0662. The van der Waals surface area contributed by atoms with Gasteiger partial charge >= 0.3 is 5.97 Å². The van der Waals surface area contributed by atoms with Crippen LogP contribution in [0.2, 0.25) is 0 Å². The molecule has 0 spiro atoms. The minimum absolute atomic E-state index is 0.0894. The smallest absolute Gasteiger partial charge is 0.309 e. The second-order valence-electron chi connectivity index (χ2n) is 3.49. The molecule has 5 heteroatoms. The van der Waals surface area contributed by atoms with E-state index in [4.69, 9.17) is 11.5 Å². The first kappa shape index (κ1) is 12.5. The molecule has 0 unspecified atom stereocenters. The van der Waals surface area contributed by atoms with Crippen molar-refractivity contribution >= 4 is 5.97 Å². The Hall–Kier alpha value is -1.59. The number of hydrogen-bond acceptors (Lipinski definition) is 5. The summed E-state index contributed by atoms with van der Waals surface area (Å²) in [7, 11) is 1.33. The average molecular weight is 224 g/mol. The first-order valence-electron chi connectivity index (χ1n) is 4.92. The molecular weight excluding hydrogens is 208 g/mol. The molecule has 0 fully saturated rings. The van der Waals surface area contributed by atoms with Crippen molar-refractivity contribution in [3.05, 3.63) is 29.3 Å². The van der Waals surface area contributed by atoms with E-state index in [0.717, 1.165) is 5.56 Å². The molecule has 1 atom stereocenters. The number of methoxy groups -OCH3 is 1. The fourth-order valence-electron chi connectivity index (χ4n) is 1.38. The Balaban J connectivity index is 2.93. The number of aromatic hydroxyl groups is 1. The van der Waals surface area contributed by atoms with Crippen LogP contribution in [-0.4, -0.2) is 24.7 Å². The van der Waals surface area contributed by atoms with Crippen molar-refractivity contribution < 1.29 is 14.6 Å². The minimum atomic E-state index is -0.433. The molecule has 0 radical (unpaired) electrons. The summed E-state index contributed by atoms with van der Waals surface area (Å²) in [6.45, 7) is 0.231. The molecule has 0 amide bonds. The van der Waals surface area contributed by atoms with Crippen molar-refractivity contribution in [3.63, 3.8) is 0 Å². The van der Waals surface area contributed by atoms with Gasteiger partial charge in [-0.1, -0.05) is 6.07 Å². The Kier molecular flexibility index (Phi) is 4.28. The van der Waals surface area contributed by atoms with Gasteiger partial charge in [0.1, 0.15) is 5.75 Å². The Bertz CT molecular complexity index is 379. The van der Waals surface area contributed by atoms with Crippen molar-refractivity contribution in [2.24, 2.45) is 11.5 Å². The van der Waals surface area contributed by atoms with Crippen LogP contribution in [0, 0.1) is 0 Å². The highest BCUT2D eigenvalue weighted by Gasteiger charge is 2.11. The standard InChI is InChI=1S/C11H16N2O3/c1-16-11(15)5-7-2-3-10(14)8(4-7)9(13)6-12/h2-4,9,14H,5-6,12-13H2,1H3/t9-/m0/s1. The zero-order chi connectivity index (χ0) is 12.1. The van der Waals surface area contributed by atoms with Crippen LogP contribution in [0.3, 0.4) is 0 Å². The van der Waals surface area contributed by atoms with Crippen LogP contribution >= 0.6 is 0 Å². The van der Waals surface area contributed by atoms with E-state index in [1.807, 2.05) is 0 Å². The fraction of sp³-hybridized carbons (Fsp3) is 0.364. The minimum Gasteiger partial charge on any atom is -0.508 e. The van der Waals surface area contributed by atoms with Gasteiger partial charge in [0.05, 0.1) is 13.5 Å². The summed E-state index contributed by atoms with van der Waals surface area (Å²) in [6.07, 6.45) is 0.154. The zero-order valence-electron chi connectivity index (χ0n) is 9.14. The fourth-order valence-corrected chi connectivity index (χ4v) is 1.38. The van der Waals surface area contributed by atoms with Gasteiger partial charge in [-0.05, 0) is 17.7 Å². The maximum absolute atomic E-state index is 11.1. The number of carbonyl (C=O) groups excluding carboxylic acids is 1. The number of rotatable bonds is 4. The van der Waals surface area contributed by atoms with Gasteiger partial charge in [0.25, 0.3) is 0 Å². The molecule has 1 aromatic rings. The van der Waals surface area contributed by atoms with Gasteiger partial charge in [-0.15, -0.1) is 0 Å². The molecule has 1 aromatic carbocycles. The SMILES string of the molecule is COC(=O)Cc1ccc(O)c([C@@H](N)CN)c1. The molecule has 0 saturated heterocycles. The highest BCUT2D eigenvalue weighted by molar-refractivity contribution is 5.72. The molecule has 0 aromatic heterocycles. The molecule has 0 aliphatic carbocycles. The number of phenols is 1. The molecule has 16 heavy (non-hydrogen) atoms. The molecule has 0 aliphatic heterocycles. The first-order chi connectivity index (χ1) is 7.58. The van der Waals surface area contributed by atoms with Crippen LogP contribution in [0.1, 0.15) is 17.2 Å². The maximum atomic E-state index is 11.1. The van der Waals surface area contributed by atoms with E-state index in [0.29, 0.717) is 5.56 Å². The number of nitrogens with two attached hydrogens (primary N) is 2. The van der Waals surface area contributed by atoms with E-state index < -0.39 is 6.04 Å². The number of hydrogen-bond donors (Lipinski definition) is 3. The lowest BCUT2D eigenvalue weighted by Gasteiger charge is -2.12. The van der Waals surface area contributed by atoms with Crippen LogP contribution in [-0.2, 0) is 16.0 Å². The van der Waals surface area contributed by atoms with Gasteiger partial charge in [0, 0.05) is 18.2 Å². The first-order valence-corrected chi connectivity index (χ1v) is 4.92. The lowest BCUT2D eigenvalue weighted by Crippen LogP contribution is -2.21. The molecule has 0 bridgehead atoms. The monoisotopic (exact) mass is 224 g/mol. The molecule has 1 rings (SSSR count). The molecule has 88 valence electrons. The average Bonchev–Trinajstić information content (AvgIpc) is 2.30. The second-order valence-corrected chi connectivity index (χ2v) is 3.49. The van der Waals surface area contributed by atoms with E-state index in [9.17, 15) is 9.90 Å². The quantitative estimate of drug-likeness (QED) is 0.628. The highest BCUT2D eigenvalue weighted by Crippen LogP contribution is 2.23. The summed E-state index contributed by atoms with van der Waals surface area (Å²) in [4.78, 5) is 11.1. The van der Waals surface area contributed by atoms with E-state index in [2.05, 4.69) is 4.74 Å². The van der Waals surface area contributed by atoms with E-state index in [1.165, 1.54) is 13.2 Å². The number of carbonyl (C=O) groups is 1. The summed E-state index contributed by atoms with van der Waals surface area (Å²) in [5.74, 6) is -0.246. The molecular formula is C11H16N2O3. The topological polar surface area (TPSA) is 98.6 Å². The zero-order valence-corrected chi connectivity index (χ0v) is 9.14. The number of ether oxygens (including phenoxy) is 1. The van der Waals surface area contributed by atoms with Crippen LogP contribution in [0.15, 0.2) is 18.2 Å². The maximum Gasteiger partial charge on any atom is 0.309 e. The summed E-state index contributed by atoms with van der Waals surface area (Å²) in [5, 5.41) is 9.58. The summed E-state index contributed by atoms with van der Waals surface area (Å²) in [5.41, 5.74) is 12.4. The molecule has 0 heterocycles. The van der Waals surface area contributed by atoms with Gasteiger partial charge in [-0.3, -0.25) is 4.79 Å². The largest absolute Gasteiger partial charge is 0.508 e. The van der Waals surface area contributed by atoms with Crippen LogP contribution in [0.4, 0.5) is 0 Å². The number of esters is 1. The van der Waals surface area contributed by atoms with E-state index in [1.54, 1.807) is 12.1 Å². The van der Waals surface area contributed by atoms with E-state index >= 15 is 0 Å². The molecule has 0 aliphatic rings. The Morgan fingerprint density at radius 2 is 2.25 bits per heavy atom. The third kappa shape index (κ3) is 2.95. The third-order valence-electron chi connectivity index (χ3n) is 2.32. The highest BCUT2D eigenvalue weighted by atomic mass is 16.5. The van der Waals surface area contributed by atoms with Gasteiger partial charge in [-0.25, -0.2) is 0 Å². The lowest BCUT2D eigenvalue weighted by molar-refractivity contribution is -0.139.